The van der Waals surface area contributed by atoms with E-state index in [2.05, 4.69) is 6.07 Å². The van der Waals surface area contributed by atoms with Crippen molar-refractivity contribution in [1.29, 1.82) is 5.26 Å². The third kappa shape index (κ3) is 1.84. The monoisotopic (exact) mass is 161 g/mol. The molecule has 0 radical (unpaired) electrons. The number of nitrogens with zero attached hydrogens (tertiary/aromatic N) is 1. The van der Waals surface area contributed by atoms with E-state index in [1.807, 2.05) is 19.1 Å². The zero-order valence-corrected chi connectivity index (χ0v) is 7.04. The minimum absolute atomic E-state index is 0.00134. The number of hydrogen-bond donors (Lipinski definition) is 1. The second-order valence-corrected chi connectivity index (χ2v) is 2.72. The number of aliphatic hydroxyl groups excluding tert-OH is 1. The van der Waals surface area contributed by atoms with E-state index < -0.39 is 0 Å². The van der Waals surface area contributed by atoms with Gasteiger partial charge in [0, 0.05) is 5.57 Å². The van der Waals surface area contributed by atoms with Crippen LogP contribution in [0.15, 0.2) is 34.9 Å². The topological polar surface area (TPSA) is 44.0 Å². The standard InChI is InChI=1S/C10H11NO/c1-8-3-2-4-9(6-11)5-10(8)7-12/h3-5,12H,2,7H2,1H3. The maximum absolute atomic E-state index is 8.95. The van der Waals surface area contributed by atoms with Gasteiger partial charge >= 0.3 is 0 Å². The summed E-state index contributed by atoms with van der Waals surface area (Å²) in [4.78, 5) is 0. The molecule has 0 aliphatic heterocycles. The predicted molar refractivity (Wildman–Crippen MR) is 47.2 cm³/mol. The molecule has 0 heterocycles. The molecule has 0 saturated carbocycles. The molecule has 1 N–H and O–H groups in total. The average Bonchev–Trinajstić information content (AvgIpc) is 2.27. The smallest absolute Gasteiger partial charge is 0.0988 e. The molecule has 0 aromatic carbocycles. The van der Waals surface area contributed by atoms with Crippen LogP contribution in [0, 0.1) is 11.3 Å². The molecule has 1 aliphatic rings. The first-order valence-corrected chi connectivity index (χ1v) is 3.86. The van der Waals surface area contributed by atoms with Gasteiger partial charge in [-0.05, 0) is 30.6 Å². The Kier molecular flexibility index (Phi) is 2.84. The summed E-state index contributed by atoms with van der Waals surface area (Å²) in [7, 11) is 0. The number of rotatable bonds is 1. The van der Waals surface area contributed by atoms with E-state index in [0.717, 1.165) is 17.6 Å². The summed E-state index contributed by atoms with van der Waals surface area (Å²) in [5, 5.41) is 17.6. The molecule has 1 rings (SSSR count). The minimum Gasteiger partial charge on any atom is -0.392 e. The Labute approximate surface area is 72.1 Å². The summed E-state index contributed by atoms with van der Waals surface area (Å²) in [6.45, 7) is 1.94. The van der Waals surface area contributed by atoms with Crippen LogP contribution in [0.5, 0.6) is 0 Å². The van der Waals surface area contributed by atoms with E-state index in [1.54, 1.807) is 6.08 Å². The van der Waals surface area contributed by atoms with Crippen LogP contribution in [0.1, 0.15) is 13.3 Å². The molecule has 0 bridgehead atoms. The van der Waals surface area contributed by atoms with E-state index in [4.69, 9.17) is 10.4 Å². The van der Waals surface area contributed by atoms with Crippen LogP contribution in [-0.2, 0) is 0 Å². The van der Waals surface area contributed by atoms with E-state index in [1.165, 1.54) is 0 Å². The summed E-state index contributed by atoms with van der Waals surface area (Å²) in [6.07, 6.45) is 6.37. The number of hydrogen-bond acceptors (Lipinski definition) is 2. The van der Waals surface area contributed by atoms with Crippen molar-refractivity contribution < 1.29 is 5.11 Å². The summed E-state index contributed by atoms with van der Waals surface area (Å²) in [5.74, 6) is 0. The quantitative estimate of drug-likeness (QED) is 0.636. The van der Waals surface area contributed by atoms with E-state index in [0.29, 0.717) is 5.57 Å². The number of nitriles is 1. The van der Waals surface area contributed by atoms with Crippen LogP contribution in [-0.4, -0.2) is 11.7 Å². The Balaban J connectivity index is 2.99. The van der Waals surface area contributed by atoms with Crippen molar-refractivity contribution in [2.24, 2.45) is 0 Å². The van der Waals surface area contributed by atoms with Crippen molar-refractivity contribution >= 4 is 0 Å². The van der Waals surface area contributed by atoms with Gasteiger partial charge in [-0.15, -0.1) is 0 Å². The summed E-state index contributed by atoms with van der Waals surface area (Å²) < 4.78 is 0. The molecular weight excluding hydrogens is 150 g/mol. The van der Waals surface area contributed by atoms with Gasteiger partial charge in [-0.2, -0.15) is 5.26 Å². The second-order valence-electron chi connectivity index (χ2n) is 2.72. The van der Waals surface area contributed by atoms with Crippen molar-refractivity contribution in [2.45, 2.75) is 13.3 Å². The van der Waals surface area contributed by atoms with Gasteiger partial charge in [0.1, 0.15) is 0 Å². The average molecular weight is 161 g/mol. The van der Waals surface area contributed by atoms with Crippen molar-refractivity contribution in [3.63, 3.8) is 0 Å². The Hall–Kier alpha value is -1.33. The lowest BCUT2D eigenvalue weighted by Gasteiger charge is -2.00. The van der Waals surface area contributed by atoms with Crippen molar-refractivity contribution in [3.8, 4) is 6.07 Å². The zero-order valence-electron chi connectivity index (χ0n) is 7.04. The lowest BCUT2D eigenvalue weighted by molar-refractivity contribution is 0.333. The molecule has 2 heteroatoms. The lowest BCUT2D eigenvalue weighted by atomic mass is 10.1. The number of aliphatic hydroxyl groups is 1. The summed E-state index contributed by atoms with van der Waals surface area (Å²) in [6, 6.07) is 2.07. The highest BCUT2D eigenvalue weighted by atomic mass is 16.3. The summed E-state index contributed by atoms with van der Waals surface area (Å²) >= 11 is 0. The van der Waals surface area contributed by atoms with Crippen molar-refractivity contribution in [2.75, 3.05) is 6.61 Å². The Morgan fingerprint density at radius 2 is 2.33 bits per heavy atom. The van der Waals surface area contributed by atoms with Gasteiger partial charge in [-0.25, -0.2) is 0 Å². The molecule has 0 saturated heterocycles. The van der Waals surface area contributed by atoms with Gasteiger partial charge in [0.25, 0.3) is 0 Å². The normalized spacial score (nSPS) is 16.9. The second kappa shape index (κ2) is 3.89. The fourth-order valence-electron chi connectivity index (χ4n) is 1.10. The van der Waals surface area contributed by atoms with E-state index >= 15 is 0 Å². The fourth-order valence-corrected chi connectivity index (χ4v) is 1.10. The highest BCUT2D eigenvalue weighted by Gasteiger charge is 2.02. The van der Waals surface area contributed by atoms with Crippen LogP contribution in [0.4, 0.5) is 0 Å². The predicted octanol–water partition coefficient (Wildman–Crippen LogP) is 1.71. The maximum atomic E-state index is 8.95. The van der Waals surface area contributed by atoms with Gasteiger partial charge in [0.05, 0.1) is 12.7 Å². The molecule has 1 aliphatic carbocycles. The molecular formula is C10H11NO. The molecule has 0 amide bonds. The Morgan fingerprint density at radius 3 is 2.92 bits per heavy atom. The highest BCUT2D eigenvalue weighted by molar-refractivity contribution is 5.44. The third-order valence-electron chi connectivity index (χ3n) is 1.90. The third-order valence-corrected chi connectivity index (χ3v) is 1.90. The van der Waals surface area contributed by atoms with E-state index in [-0.39, 0.29) is 6.61 Å². The Morgan fingerprint density at radius 1 is 1.58 bits per heavy atom. The molecule has 0 atom stereocenters. The van der Waals surface area contributed by atoms with Crippen LogP contribution in [0.25, 0.3) is 0 Å². The molecule has 62 valence electrons. The minimum atomic E-state index is 0.00134. The summed E-state index contributed by atoms with van der Waals surface area (Å²) in [5.41, 5.74) is 2.52. The van der Waals surface area contributed by atoms with Crippen LogP contribution < -0.4 is 0 Å². The molecule has 0 fully saturated rings. The van der Waals surface area contributed by atoms with Crippen molar-refractivity contribution in [1.82, 2.24) is 0 Å². The largest absolute Gasteiger partial charge is 0.392 e. The molecule has 0 unspecified atom stereocenters. The molecule has 12 heavy (non-hydrogen) atoms. The van der Waals surface area contributed by atoms with Gasteiger partial charge in [0.2, 0.25) is 0 Å². The SMILES string of the molecule is CC1=CCC=C(C#N)C=C1CO. The number of allylic oxidation sites excluding steroid dienone is 4. The van der Waals surface area contributed by atoms with Gasteiger partial charge in [-0.3, -0.25) is 0 Å². The molecule has 0 aromatic rings. The van der Waals surface area contributed by atoms with Gasteiger partial charge in [0.15, 0.2) is 0 Å². The first-order valence-electron chi connectivity index (χ1n) is 3.86. The maximum Gasteiger partial charge on any atom is 0.0988 e. The first kappa shape index (κ1) is 8.76. The zero-order chi connectivity index (χ0) is 8.97. The first-order chi connectivity index (χ1) is 5.77. The molecule has 2 nitrogen and oxygen atoms in total. The molecule has 0 aromatic heterocycles. The highest BCUT2D eigenvalue weighted by Crippen LogP contribution is 2.16. The van der Waals surface area contributed by atoms with Crippen LogP contribution in [0.3, 0.4) is 0 Å². The molecule has 0 spiro atoms. The van der Waals surface area contributed by atoms with Crippen LogP contribution in [0.2, 0.25) is 0 Å². The van der Waals surface area contributed by atoms with Crippen molar-refractivity contribution in [3.05, 3.63) is 34.9 Å². The lowest BCUT2D eigenvalue weighted by Crippen LogP contribution is -1.91. The van der Waals surface area contributed by atoms with E-state index in [9.17, 15) is 0 Å². The van der Waals surface area contributed by atoms with Gasteiger partial charge < -0.3 is 5.11 Å². The Bertz CT molecular complexity index is 302. The van der Waals surface area contributed by atoms with Gasteiger partial charge in [-0.1, -0.05) is 12.2 Å². The van der Waals surface area contributed by atoms with Crippen LogP contribution >= 0.6 is 0 Å². The fraction of sp³-hybridized carbons (Fsp3) is 0.300.